The zero-order chi connectivity index (χ0) is 16.4. The van der Waals surface area contributed by atoms with Crippen LogP contribution >= 0.6 is 11.6 Å². The largest absolute Gasteiger partial charge is 0.256 e. The number of aromatic nitrogens is 1. The maximum Gasteiger partial charge on any atom is 0.0780 e. The number of pyridine rings is 1. The molecule has 0 aliphatic heterocycles. The molecule has 1 heterocycles. The Morgan fingerprint density at radius 1 is 0.750 bits per heavy atom. The Bertz CT molecular complexity index is 976. The third-order valence-electron chi connectivity index (χ3n) is 4.17. The van der Waals surface area contributed by atoms with Crippen LogP contribution in [0.1, 0.15) is 11.1 Å². The second kappa shape index (κ2) is 6.46. The predicted molar refractivity (Wildman–Crippen MR) is 101 cm³/mol. The molecule has 4 rings (SSSR count). The topological polar surface area (TPSA) is 12.9 Å². The second-order valence-corrected chi connectivity index (χ2v) is 6.32. The summed E-state index contributed by atoms with van der Waals surface area (Å²) in [6, 6.07) is 27.1. The lowest BCUT2D eigenvalue weighted by Crippen LogP contribution is -1.92. The first-order valence-corrected chi connectivity index (χ1v) is 8.35. The third-order valence-corrected chi connectivity index (χ3v) is 4.42. The van der Waals surface area contributed by atoms with E-state index in [0.717, 1.165) is 33.5 Å². The fraction of sp³-hybridized carbons (Fsp3) is 0.0455. The van der Waals surface area contributed by atoms with Gasteiger partial charge in [0.15, 0.2) is 0 Å². The lowest BCUT2D eigenvalue weighted by molar-refractivity contribution is 1.20. The summed E-state index contributed by atoms with van der Waals surface area (Å²) in [5.74, 6) is 0. The van der Waals surface area contributed by atoms with Crippen LogP contribution < -0.4 is 0 Å². The highest BCUT2D eigenvalue weighted by Gasteiger charge is 2.08. The van der Waals surface area contributed by atoms with Gasteiger partial charge in [-0.15, -0.1) is 0 Å². The molecule has 0 unspecified atom stereocenters. The van der Waals surface area contributed by atoms with Crippen molar-refractivity contribution in [3.63, 3.8) is 0 Å². The van der Waals surface area contributed by atoms with Crippen LogP contribution in [0.4, 0.5) is 0 Å². The van der Waals surface area contributed by atoms with Gasteiger partial charge in [-0.05, 0) is 53.4 Å². The van der Waals surface area contributed by atoms with Crippen LogP contribution in [0.25, 0.3) is 22.0 Å². The third kappa shape index (κ3) is 3.04. The molecular formula is C22H16ClN. The van der Waals surface area contributed by atoms with Gasteiger partial charge in [-0.1, -0.05) is 60.1 Å². The lowest BCUT2D eigenvalue weighted by Gasteiger charge is -2.10. The van der Waals surface area contributed by atoms with Crippen LogP contribution in [-0.2, 0) is 6.42 Å². The van der Waals surface area contributed by atoms with Gasteiger partial charge in [-0.3, -0.25) is 4.98 Å². The maximum atomic E-state index is 6.04. The van der Waals surface area contributed by atoms with Crippen molar-refractivity contribution >= 4 is 22.5 Å². The lowest BCUT2D eigenvalue weighted by atomic mass is 9.96. The molecule has 0 aliphatic carbocycles. The molecule has 0 aliphatic rings. The minimum Gasteiger partial charge on any atom is -0.256 e. The van der Waals surface area contributed by atoms with E-state index in [4.69, 9.17) is 11.6 Å². The molecule has 0 N–H and O–H groups in total. The molecule has 0 atom stereocenters. The molecular weight excluding hydrogens is 314 g/mol. The van der Waals surface area contributed by atoms with Crippen LogP contribution in [0.2, 0.25) is 5.02 Å². The molecule has 0 bridgehead atoms. The predicted octanol–water partition coefficient (Wildman–Crippen LogP) is 6.15. The summed E-state index contributed by atoms with van der Waals surface area (Å²) in [6.07, 6.45) is 2.75. The van der Waals surface area contributed by atoms with Gasteiger partial charge >= 0.3 is 0 Å². The summed E-state index contributed by atoms with van der Waals surface area (Å²) < 4.78 is 0. The second-order valence-electron chi connectivity index (χ2n) is 5.89. The number of nitrogens with zero attached hydrogens (tertiary/aromatic N) is 1. The molecule has 2 heteroatoms. The number of hydrogen-bond donors (Lipinski definition) is 0. The molecule has 116 valence electrons. The van der Waals surface area contributed by atoms with Crippen molar-refractivity contribution in [2.75, 3.05) is 0 Å². The Labute approximate surface area is 146 Å². The molecule has 0 amide bonds. The van der Waals surface area contributed by atoms with Crippen molar-refractivity contribution in [2.45, 2.75) is 6.42 Å². The Morgan fingerprint density at radius 3 is 2.33 bits per heavy atom. The van der Waals surface area contributed by atoms with Crippen LogP contribution in [-0.4, -0.2) is 4.98 Å². The Hall–Kier alpha value is -2.64. The zero-order valence-corrected chi connectivity index (χ0v) is 13.9. The first-order valence-electron chi connectivity index (χ1n) is 7.97. The zero-order valence-electron chi connectivity index (χ0n) is 13.1. The van der Waals surface area contributed by atoms with E-state index in [1.165, 1.54) is 11.1 Å². The Kier molecular flexibility index (Phi) is 4.02. The van der Waals surface area contributed by atoms with Crippen LogP contribution in [0.15, 0.2) is 85.1 Å². The van der Waals surface area contributed by atoms with Gasteiger partial charge in [0.05, 0.1) is 5.52 Å². The van der Waals surface area contributed by atoms with Crippen molar-refractivity contribution < 1.29 is 0 Å². The highest BCUT2D eigenvalue weighted by Crippen LogP contribution is 2.30. The molecule has 1 nitrogen and oxygen atoms in total. The molecule has 0 saturated carbocycles. The van der Waals surface area contributed by atoms with E-state index in [2.05, 4.69) is 59.6 Å². The normalized spacial score (nSPS) is 10.9. The van der Waals surface area contributed by atoms with Gasteiger partial charge in [-0.2, -0.15) is 0 Å². The van der Waals surface area contributed by atoms with Gasteiger partial charge in [0.2, 0.25) is 0 Å². The number of rotatable bonds is 3. The van der Waals surface area contributed by atoms with Crippen molar-refractivity contribution in [3.05, 3.63) is 101 Å². The molecule has 3 aromatic carbocycles. The van der Waals surface area contributed by atoms with E-state index in [1.54, 1.807) is 0 Å². The summed E-state index contributed by atoms with van der Waals surface area (Å²) in [5.41, 5.74) is 5.90. The average Bonchev–Trinajstić information content (AvgIpc) is 2.63. The van der Waals surface area contributed by atoms with Crippen LogP contribution in [0.5, 0.6) is 0 Å². The van der Waals surface area contributed by atoms with E-state index in [9.17, 15) is 0 Å². The van der Waals surface area contributed by atoms with Gasteiger partial charge in [0.1, 0.15) is 0 Å². The standard InChI is InChI=1S/C22H16ClN/c23-20-10-8-18(9-11-20)21-15-17(13-16-5-2-1-3-6-16)14-19-7-4-12-24-22(19)21/h1-12,14-15H,13H2. The highest BCUT2D eigenvalue weighted by atomic mass is 35.5. The Balaban J connectivity index is 1.86. The number of benzene rings is 3. The van der Waals surface area contributed by atoms with Crippen molar-refractivity contribution in [1.82, 2.24) is 4.98 Å². The van der Waals surface area contributed by atoms with Gasteiger partial charge in [0, 0.05) is 22.2 Å². The van der Waals surface area contributed by atoms with Crippen molar-refractivity contribution in [3.8, 4) is 11.1 Å². The number of fused-ring (bicyclic) bond motifs is 1. The number of halogens is 1. The smallest absolute Gasteiger partial charge is 0.0780 e. The van der Waals surface area contributed by atoms with Crippen LogP contribution in [0, 0.1) is 0 Å². The molecule has 0 saturated heterocycles. The minimum absolute atomic E-state index is 0.747. The molecule has 0 radical (unpaired) electrons. The van der Waals surface area contributed by atoms with E-state index in [-0.39, 0.29) is 0 Å². The van der Waals surface area contributed by atoms with E-state index < -0.39 is 0 Å². The Morgan fingerprint density at radius 2 is 1.54 bits per heavy atom. The van der Waals surface area contributed by atoms with Crippen molar-refractivity contribution in [2.24, 2.45) is 0 Å². The van der Waals surface area contributed by atoms with E-state index in [0.29, 0.717) is 0 Å². The van der Waals surface area contributed by atoms with Crippen molar-refractivity contribution in [1.29, 1.82) is 0 Å². The fourth-order valence-electron chi connectivity index (χ4n) is 3.04. The molecule has 0 spiro atoms. The van der Waals surface area contributed by atoms with Crippen LogP contribution in [0.3, 0.4) is 0 Å². The number of hydrogen-bond acceptors (Lipinski definition) is 1. The summed E-state index contributed by atoms with van der Waals surface area (Å²) in [6.45, 7) is 0. The summed E-state index contributed by atoms with van der Waals surface area (Å²) in [4.78, 5) is 4.60. The SMILES string of the molecule is Clc1ccc(-c2cc(Cc3ccccc3)cc3cccnc23)cc1. The summed E-state index contributed by atoms with van der Waals surface area (Å²) in [5, 5.41) is 1.91. The molecule has 4 aromatic rings. The van der Waals surface area contributed by atoms with E-state index in [1.807, 2.05) is 30.5 Å². The van der Waals surface area contributed by atoms with Gasteiger partial charge in [-0.25, -0.2) is 0 Å². The molecule has 1 aromatic heterocycles. The van der Waals surface area contributed by atoms with E-state index >= 15 is 0 Å². The maximum absolute atomic E-state index is 6.04. The monoisotopic (exact) mass is 329 g/mol. The average molecular weight is 330 g/mol. The minimum atomic E-state index is 0.747. The summed E-state index contributed by atoms with van der Waals surface area (Å²) >= 11 is 6.04. The highest BCUT2D eigenvalue weighted by molar-refractivity contribution is 6.30. The summed E-state index contributed by atoms with van der Waals surface area (Å²) in [7, 11) is 0. The molecule has 0 fully saturated rings. The first-order chi connectivity index (χ1) is 11.8. The van der Waals surface area contributed by atoms with Gasteiger partial charge in [0.25, 0.3) is 0 Å². The quantitative estimate of drug-likeness (QED) is 0.439. The first kappa shape index (κ1) is 14.9. The van der Waals surface area contributed by atoms with Gasteiger partial charge < -0.3 is 0 Å². The molecule has 24 heavy (non-hydrogen) atoms. The fourth-order valence-corrected chi connectivity index (χ4v) is 3.16.